The second-order valence-corrected chi connectivity index (χ2v) is 9.91. The molecule has 0 unspecified atom stereocenters. The van der Waals surface area contributed by atoms with Gasteiger partial charge in [-0.1, -0.05) is 0 Å². The molecule has 1 aliphatic heterocycles. The zero-order valence-corrected chi connectivity index (χ0v) is 19.9. The first-order valence-corrected chi connectivity index (χ1v) is 12.1. The topological polar surface area (TPSA) is 126 Å². The summed E-state index contributed by atoms with van der Waals surface area (Å²) in [6.45, 7) is 1.66. The molecule has 12 heteroatoms. The van der Waals surface area contributed by atoms with Crippen molar-refractivity contribution in [2.24, 2.45) is 7.05 Å². The highest BCUT2D eigenvalue weighted by Gasteiger charge is 2.22. The molecule has 178 valence electrons. The summed E-state index contributed by atoms with van der Waals surface area (Å²) in [5.74, 6) is -0.147. The normalized spacial score (nSPS) is 13.7. The number of hydrogen-bond donors (Lipinski definition) is 2. The fraction of sp³-hybridized carbons (Fsp3) is 0.167. The van der Waals surface area contributed by atoms with Gasteiger partial charge in [-0.2, -0.15) is 10.2 Å². The third-order valence-corrected chi connectivity index (χ3v) is 7.48. The minimum absolute atomic E-state index is 0.147. The number of aromatic amines is 1. The van der Waals surface area contributed by atoms with Gasteiger partial charge in [-0.25, -0.2) is 4.52 Å². The van der Waals surface area contributed by atoms with Crippen molar-refractivity contribution >= 4 is 49.7 Å². The molecule has 0 aliphatic carbocycles. The molecular weight excluding hydrogens is 478 g/mol. The van der Waals surface area contributed by atoms with E-state index in [1.54, 1.807) is 33.9 Å². The van der Waals surface area contributed by atoms with Gasteiger partial charge in [0.15, 0.2) is 0 Å². The van der Waals surface area contributed by atoms with Gasteiger partial charge < -0.3 is 10.3 Å². The number of hydrogen-bond acceptors (Lipinski definition) is 8. The van der Waals surface area contributed by atoms with Gasteiger partial charge in [0.1, 0.15) is 21.3 Å². The number of amides is 1. The van der Waals surface area contributed by atoms with Gasteiger partial charge in [0.05, 0.1) is 35.0 Å². The van der Waals surface area contributed by atoms with Crippen LogP contribution in [0, 0.1) is 0 Å². The number of fused-ring (bicyclic) bond motifs is 6. The molecule has 1 amide bonds. The standard InChI is InChI=1S/C24H19N9O2S/c1-31-8-15(6-27-31)18-11-33-24(36-18)20-22(30-33)21-17(29-23(20)35)4-16(7-26-21)28-19(34)12-32-9-13-2-3-25-5-14(13)10-32/h2-8,11H,9-10,12H2,1H3,(H,28,34)(H,29,35). The SMILES string of the molecule is Cn1cc(-c2cn3nc4c5ncc(NC(=O)CN6Cc7ccncc7C6)cc5[nH]c(=O)c4c3s2)cn1. The van der Waals surface area contributed by atoms with Crippen molar-refractivity contribution in [1.82, 2.24) is 39.2 Å². The first-order valence-electron chi connectivity index (χ1n) is 11.3. The van der Waals surface area contributed by atoms with Crippen LogP contribution in [-0.2, 0) is 24.9 Å². The monoisotopic (exact) mass is 497 g/mol. The van der Waals surface area contributed by atoms with Crippen molar-refractivity contribution < 1.29 is 4.79 Å². The highest BCUT2D eigenvalue weighted by Crippen LogP contribution is 2.33. The molecule has 11 nitrogen and oxygen atoms in total. The molecule has 6 aromatic heterocycles. The van der Waals surface area contributed by atoms with Crippen LogP contribution in [0.5, 0.6) is 0 Å². The summed E-state index contributed by atoms with van der Waals surface area (Å²) in [4.78, 5) is 41.1. The van der Waals surface area contributed by atoms with Gasteiger partial charge in [0, 0.05) is 50.5 Å². The Labute approximate surface area is 207 Å². The van der Waals surface area contributed by atoms with Crippen LogP contribution in [0.2, 0.25) is 0 Å². The predicted octanol–water partition coefficient (Wildman–Crippen LogP) is 2.54. The van der Waals surface area contributed by atoms with Crippen LogP contribution in [-0.4, -0.2) is 51.7 Å². The maximum atomic E-state index is 13.0. The second-order valence-electron chi connectivity index (χ2n) is 8.88. The summed E-state index contributed by atoms with van der Waals surface area (Å²) in [7, 11) is 1.86. The lowest BCUT2D eigenvalue weighted by molar-refractivity contribution is -0.117. The molecule has 6 aromatic rings. The Kier molecular flexibility index (Phi) is 4.53. The Morgan fingerprint density at radius 3 is 2.89 bits per heavy atom. The Morgan fingerprint density at radius 1 is 1.17 bits per heavy atom. The summed E-state index contributed by atoms with van der Waals surface area (Å²) in [6.07, 6.45) is 10.8. The average molecular weight is 498 g/mol. The number of nitrogens with zero attached hydrogens (tertiary/aromatic N) is 7. The van der Waals surface area contributed by atoms with Crippen LogP contribution in [0.25, 0.3) is 37.2 Å². The van der Waals surface area contributed by atoms with E-state index in [2.05, 4.69) is 35.4 Å². The lowest BCUT2D eigenvalue weighted by Gasteiger charge is -2.14. The molecule has 1 aliphatic rings. The first-order chi connectivity index (χ1) is 17.5. The van der Waals surface area contributed by atoms with E-state index >= 15 is 0 Å². The molecule has 36 heavy (non-hydrogen) atoms. The van der Waals surface area contributed by atoms with Gasteiger partial charge in [-0.3, -0.25) is 29.1 Å². The van der Waals surface area contributed by atoms with E-state index in [1.807, 2.05) is 31.7 Å². The summed E-state index contributed by atoms with van der Waals surface area (Å²) in [5, 5.41) is 12.3. The maximum Gasteiger partial charge on any atom is 0.261 e. The van der Waals surface area contributed by atoms with Crippen molar-refractivity contribution in [2.75, 3.05) is 11.9 Å². The van der Waals surface area contributed by atoms with E-state index in [9.17, 15) is 9.59 Å². The maximum absolute atomic E-state index is 13.0. The summed E-state index contributed by atoms with van der Waals surface area (Å²) < 4.78 is 3.45. The highest BCUT2D eigenvalue weighted by atomic mass is 32.1. The summed E-state index contributed by atoms with van der Waals surface area (Å²) >= 11 is 1.48. The van der Waals surface area contributed by atoms with Gasteiger partial charge in [0.2, 0.25) is 5.91 Å². The Morgan fingerprint density at radius 2 is 2.06 bits per heavy atom. The van der Waals surface area contributed by atoms with Crippen molar-refractivity contribution in [3.05, 3.63) is 70.8 Å². The van der Waals surface area contributed by atoms with Crippen LogP contribution in [0.15, 0.2) is 54.1 Å². The Bertz CT molecular complexity index is 1850. The molecule has 0 aromatic carbocycles. The molecule has 0 saturated carbocycles. The van der Waals surface area contributed by atoms with Gasteiger partial charge in [-0.15, -0.1) is 11.3 Å². The Balaban J connectivity index is 1.17. The van der Waals surface area contributed by atoms with Crippen LogP contribution in [0.3, 0.4) is 0 Å². The Hall–Kier alpha value is -4.42. The van der Waals surface area contributed by atoms with E-state index in [1.165, 1.54) is 16.9 Å². The minimum Gasteiger partial charge on any atom is -0.324 e. The number of thiazole rings is 1. The van der Waals surface area contributed by atoms with Crippen molar-refractivity contribution in [3.8, 4) is 10.4 Å². The molecule has 0 radical (unpaired) electrons. The van der Waals surface area contributed by atoms with Crippen molar-refractivity contribution in [3.63, 3.8) is 0 Å². The van der Waals surface area contributed by atoms with Gasteiger partial charge in [-0.05, 0) is 23.3 Å². The average Bonchev–Trinajstić information content (AvgIpc) is 3.60. The van der Waals surface area contributed by atoms with E-state index < -0.39 is 0 Å². The van der Waals surface area contributed by atoms with Gasteiger partial charge >= 0.3 is 0 Å². The summed E-state index contributed by atoms with van der Waals surface area (Å²) in [6, 6.07) is 3.70. The van der Waals surface area contributed by atoms with Crippen LogP contribution in [0.1, 0.15) is 11.1 Å². The predicted molar refractivity (Wildman–Crippen MR) is 136 cm³/mol. The van der Waals surface area contributed by atoms with Gasteiger partial charge in [0.25, 0.3) is 5.56 Å². The number of pyridine rings is 3. The fourth-order valence-electron chi connectivity index (χ4n) is 4.71. The molecule has 7 heterocycles. The van der Waals surface area contributed by atoms with Crippen molar-refractivity contribution in [2.45, 2.75) is 13.1 Å². The summed E-state index contributed by atoms with van der Waals surface area (Å²) in [5.41, 5.74) is 5.19. The van der Waals surface area contributed by atoms with Crippen LogP contribution < -0.4 is 10.9 Å². The van der Waals surface area contributed by atoms with E-state index in [0.717, 1.165) is 20.8 Å². The number of aryl methyl sites for hydroxylation is 1. The zero-order chi connectivity index (χ0) is 24.4. The molecule has 7 rings (SSSR count). The number of nitrogens with one attached hydrogen (secondary N) is 2. The number of rotatable bonds is 4. The molecule has 0 bridgehead atoms. The molecule has 0 fully saturated rings. The first kappa shape index (κ1) is 20.9. The third-order valence-electron chi connectivity index (χ3n) is 6.33. The quantitative estimate of drug-likeness (QED) is 0.383. The number of aromatic nitrogens is 7. The largest absolute Gasteiger partial charge is 0.324 e. The fourth-order valence-corrected chi connectivity index (χ4v) is 5.77. The minimum atomic E-state index is -0.249. The molecular formula is C24H19N9O2S. The number of carbonyl (C=O) groups excluding carboxylic acids is 1. The zero-order valence-electron chi connectivity index (χ0n) is 19.1. The molecule has 0 spiro atoms. The smallest absolute Gasteiger partial charge is 0.261 e. The lowest BCUT2D eigenvalue weighted by atomic mass is 10.2. The van der Waals surface area contributed by atoms with E-state index in [4.69, 9.17) is 0 Å². The second kappa shape index (κ2) is 7.80. The van der Waals surface area contributed by atoms with Crippen LogP contribution >= 0.6 is 11.3 Å². The van der Waals surface area contributed by atoms with E-state index in [0.29, 0.717) is 40.7 Å². The highest BCUT2D eigenvalue weighted by molar-refractivity contribution is 7.21. The van der Waals surface area contributed by atoms with Crippen LogP contribution in [0.4, 0.5) is 5.69 Å². The third kappa shape index (κ3) is 3.38. The molecule has 2 N–H and O–H groups in total. The number of carbonyl (C=O) groups is 1. The molecule has 0 atom stereocenters. The number of H-pyrrole nitrogens is 1. The lowest BCUT2D eigenvalue weighted by Crippen LogP contribution is -2.29. The van der Waals surface area contributed by atoms with Crippen molar-refractivity contribution in [1.29, 1.82) is 0 Å². The molecule has 0 saturated heterocycles. The number of anilines is 1. The van der Waals surface area contributed by atoms with E-state index in [-0.39, 0.29) is 18.0 Å².